The number of hydrogen-bond acceptors (Lipinski definition) is 4. The lowest BCUT2D eigenvalue weighted by Gasteiger charge is -2.15. The molecule has 4 nitrogen and oxygen atoms in total. The summed E-state index contributed by atoms with van der Waals surface area (Å²) in [5, 5.41) is 15.2. The molecule has 4 heteroatoms. The zero-order chi connectivity index (χ0) is 13.9. The highest BCUT2D eigenvalue weighted by Gasteiger charge is 2.20. The standard InChI is InChI=1S/C16H21N3O/c1-2-19-8-6-12(11-19)10-18-16-15-9-14(20)4-3-13(15)5-7-17-16/h3-5,7,9,12,20H,2,6,8,10-11H2,1H3,(H,17,18). The van der Waals surface area contributed by atoms with Crippen LogP contribution >= 0.6 is 0 Å². The van der Waals surface area contributed by atoms with E-state index in [-0.39, 0.29) is 5.75 Å². The molecule has 0 radical (unpaired) electrons. The number of anilines is 1. The van der Waals surface area contributed by atoms with E-state index in [0.29, 0.717) is 5.92 Å². The van der Waals surface area contributed by atoms with Gasteiger partial charge in [0.1, 0.15) is 11.6 Å². The Morgan fingerprint density at radius 3 is 3.10 bits per heavy atom. The lowest BCUT2D eigenvalue weighted by molar-refractivity contribution is 0.345. The number of rotatable bonds is 4. The number of nitrogens with zero attached hydrogens (tertiary/aromatic N) is 2. The summed E-state index contributed by atoms with van der Waals surface area (Å²) in [6, 6.07) is 7.38. The molecule has 2 heterocycles. The third-order valence-electron chi connectivity index (χ3n) is 4.13. The largest absolute Gasteiger partial charge is 0.508 e. The summed E-state index contributed by atoms with van der Waals surface area (Å²) in [5.41, 5.74) is 0. The molecule has 0 aliphatic carbocycles. The van der Waals surface area contributed by atoms with Crippen LogP contribution in [0.1, 0.15) is 13.3 Å². The molecule has 1 aromatic carbocycles. The van der Waals surface area contributed by atoms with E-state index in [2.05, 4.69) is 22.1 Å². The van der Waals surface area contributed by atoms with Crippen molar-refractivity contribution in [2.45, 2.75) is 13.3 Å². The maximum absolute atomic E-state index is 9.64. The van der Waals surface area contributed by atoms with Gasteiger partial charge in [0.05, 0.1) is 0 Å². The number of phenolic OH excluding ortho intramolecular Hbond substituents is 1. The van der Waals surface area contributed by atoms with Gasteiger partial charge < -0.3 is 15.3 Å². The molecule has 0 spiro atoms. The molecule has 1 saturated heterocycles. The lowest BCUT2D eigenvalue weighted by atomic mass is 10.1. The van der Waals surface area contributed by atoms with Gasteiger partial charge >= 0.3 is 0 Å². The first-order chi connectivity index (χ1) is 9.76. The van der Waals surface area contributed by atoms with Crippen molar-refractivity contribution in [2.75, 3.05) is 31.5 Å². The van der Waals surface area contributed by atoms with Crippen LogP contribution < -0.4 is 5.32 Å². The lowest BCUT2D eigenvalue weighted by Crippen LogP contribution is -2.22. The van der Waals surface area contributed by atoms with Crippen LogP contribution in [0.25, 0.3) is 10.8 Å². The van der Waals surface area contributed by atoms with Crippen molar-refractivity contribution >= 4 is 16.6 Å². The summed E-state index contributed by atoms with van der Waals surface area (Å²) < 4.78 is 0. The van der Waals surface area contributed by atoms with Gasteiger partial charge in [-0.1, -0.05) is 13.0 Å². The van der Waals surface area contributed by atoms with E-state index in [1.807, 2.05) is 18.3 Å². The van der Waals surface area contributed by atoms with Gasteiger partial charge in [0.2, 0.25) is 0 Å². The molecule has 1 aromatic heterocycles. The molecule has 2 N–H and O–H groups in total. The maximum atomic E-state index is 9.64. The zero-order valence-electron chi connectivity index (χ0n) is 11.8. The van der Waals surface area contributed by atoms with Crippen molar-refractivity contribution in [1.29, 1.82) is 0 Å². The fourth-order valence-corrected chi connectivity index (χ4v) is 2.90. The third-order valence-corrected chi connectivity index (χ3v) is 4.13. The van der Waals surface area contributed by atoms with Crippen molar-refractivity contribution in [2.24, 2.45) is 5.92 Å². The van der Waals surface area contributed by atoms with Gasteiger partial charge in [0, 0.05) is 24.7 Å². The van der Waals surface area contributed by atoms with Crippen LogP contribution in [-0.2, 0) is 0 Å². The average molecular weight is 271 g/mol. The number of aromatic hydroxyl groups is 1. The molecule has 0 saturated carbocycles. The molecule has 106 valence electrons. The fraction of sp³-hybridized carbons (Fsp3) is 0.438. The van der Waals surface area contributed by atoms with E-state index >= 15 is 0 Å². The quantitative estimate of drug-likeness (QED) is 0.897. The second kappa shape index (κ2) is 5.67. The topological polar surface area (TPSA) is 48.4 Å². The minimum atomic E-state index is 0.284. The SMILES string of the molecule is CCN1CCC(CNc2nccc3ccc(O)cc23)C1. The Morgan fingerprint density at radius 2 is 2.30 bits per heavy atom. The highest BCUT2D eigenvalue weighted by atomic mass is 16.3. The Kier molecular flexibility index (Phi) is 3.74. The first-order valence-electron chi connectivity index (χ1n) is 7.30. The number of benzene rings is 1. The first kappa shape index (κ1) is 13.2. The van der Waals surface area contributed by atoms with E-state index in [1.165, 1.54) is 19.5 Å². The van der Waals surface area contributed by atoms with Crippen LogP contribution in [0.4, 0.5) is 5.82 Å². The van der Waals surface area contributed by atoms with Crippen molar-refractivity contribution in [3.8, 4) is 5.75 Å². The highest BCUT2D eigenvalue weighted by Crippen LogP contribution is 2.25. The molecule has 0 amide bonds. The molecule has 1 aliphatic heterocycles. The van der Waals surface area contributed by atoms with Crippen LogP contribution in [0.3, 0.4) is 0 Å². The fourth-order valence-electron chi connectivity index (χ4n) is 2.90. The summed E-state index contributed by atoms with van der Waals surface area (Å²) in [6.07, 6.45) is 3.06. The van der Waals surface area contributed by atoms with Crippen molar-refractivity contribution in [1.82, 2.24) is 9.88 Å². The minimum absolute atomic E-state index is 0.284. The number of hydrogen-bond donors (Lipinski definition) is 2. The van der Waals surface area contributed by atoms with E-state index in [4.69, 9.17) is 0 Å². The summed E-state index contributed by atoms with van der Waals surface area (Å²) in [5.74, 6) is 1.84. The van der Waals surface area contributed by atoms with Gasteiger partial charge in [-0.3, -0.25) is 0 Å². The second-order valence-corrected chi connectivity index (χ2v) is 5.49. The molecule has 1 fully saturated rings. The molecule has 1 atom stereocenters. The molecule has 20 heavy (non-hydrogen) atoms. The van der Waals surface area contributed by atoms with Gasteiger partial charge in [0.15, 0.2) is 0 Å². The average Bonchev–Trinajstić information content (AvgIpc) is 2.93. The Labute approximate surface area is 119 Å². The molecule has 1 aliphatic rings. The minimum Gasteiger partial charge on any atom is -0.508 e. The summed E-state index contributed by atoms with van der Waals surface area (Å²) >= 11 is 0. The molecule has 0 bridgehead atoms. The van der Waals surface area contributed by atoms with Gasteiger partial charge in [-0.25, -0.2) is 4.98 Å². The van der Waals surface area contributed by atoms with Gasteiger partial charge in [-0.2, -0.15) is 0 Å². The first-order valence-corrected chi connectivity index (χ1v) is 7.30. The monoisotopic (exact) mass is 271 g/mol. The van der Waals surface area contributed by atoms with Crippen molar-refractivity contribution in [3.05, 3.63) is 30.5 Å². The predicted molar refractivity (Wildman–Crippen MR) is 82.1 cm³/mol. The van der Waals surface area contributed by atoms with Crippen LogP contribution in [-0.4, -0.2) is 41.2 Å². The van der Waals surface area contributed by atoms with Crippen LogP contribution in [0.2, 0.25) is 0 Å². The number of nitrogens with one attached hydrogen (secondary N) is 1. The number of aromatic nitrogens is 1. The summed E-state index contributed by atoms with van der Waals surface area (Å²) in [4.78, 5) is 6.89. The van der Waals surface area contributed by atoms with Gasteiger partial charge in [-0.15, -0.1) is 0 Å². The Morgan fingerprint density at radius 1 is 1.40 bits per heavy atom. The molecule has 3 rings (SSSR count). The van der Waals surface area contributed by atoms with E-state index in [9.17, 15) is 5.11 Å². The summed E-state index contributed by atoms with van der Waals surface area (Å²) in [7, 11) is 0. The van der Waals surface area contributed by atoms with Gasteiger partial charge in [0.25, 0.3) is 0 Å². The summed E-state index contributed by atoms with van der Waals surface area (Å²) in [6.45, 7) is 6.66. The number of phenols is 1. The van der Waals surface area contributed by atoms with Crippen LogP contribution in [0.15, 0.2) is 30.5 Å². The van der Waals surface area contributed by atoms with Crippen molar-refractivity contribution < 1.29 is 5.11 Å². The normalized spacial score (nSPS) is 19.6. The number of fused-ring (bicyclic) bond motifs is 1. The molecule has 1 unspecified atom stereocenters. The van der Waals surface area contributed by atoms with Crippen LogP contribution in [0, 0.1) is 5.92 Å². The second-order valence-electron chi connectivity index (χ2n) is 5.49. The zero-order valence-corrected chi connectivity index (χ0v) is 11.8. The smallest absolute Gasteiger partial charge is 0.133 e. The Bertz CT molecular complexity index is 599. The molecular weight excluding hydrogens is 250 g/mol. The molecule has 2 aromatic rings. The Balaban J connectivity index is 1.73. The predicted octanol–water partition coefficient (Wildman–Crippen LogP) is 2.69. The van der Waals surface area contributed by atoms with E-state index in [0.717, 1.165) is 29.7 Å². The van der Waals surface area contributed by atoms with E-state index in [1.54, 1.807) is 12.1 Å². The maximum Gasteiger partial charge on any atom is 0.133 e. The number of likely N-dealkylation sites (tertiary alicyclic amines) is 1. The van der Waals surface area contributed by atoms with E-state index < -0.39 is 0 Å². The molecular formula is C16H21N3O. The van der Waals surface area contributed by atoms with Gasteiger partial charge in [-0.05, 0) is 49.0 Å². The highest BCUT2D eigenvalue weighted by molar-refractivity contribution is 5.92. The third kappa shape index (κ3) is 2.70. The van der Waals surface area contributed by atoms with Crippen LogP contribution in [0.5, 0.6) is 5.75 Å². The van der Waals surface area contributed by atoms with Crippen molar-refractivity contribution in [3.63, 3.8) is 0 Å². The number of pyridine rings is 1. The Hall–Kier alpha value is -1.81.